The zero-order chi connectivity index (χ0) is 13.6. The second-order valence-electron chi connectivity index (χ2n) is 5.67. The van der Waals surface area contributed by atoms with Crippen molar-refractivity contribution in [1.82, 2.24) is 15.3 Å². The number of rotatable bonds is 7. The predicted molar refractivity (Wildman–Crippen MR) is 74.4 cm³/mol. The lowest BCUT2D eigenvalue weighted by atomic mass is 9.88. The Balaban J connectivity index is 2.69. The number of nitrogens with zero attached hydrogens (tertiary/aromatic N) is 1. The van der Waals surface area contributed by atoms with Crippen LogP contribution < -0.4 is 5.32 Å². The van der Waals surface area contributed by atoms with E-state index in [1.54, 1.807) is 0 Å². The third-order valence-electron chi connectivity index (χ3n) is 2.76. The molecule has 0 aliphatic rings. The summed E-state index contributed by atoms with van der Waals surface area (Å²) >= 11 is 0. The summed E-state index contributed by atoms with van der Waals surface area (Å²) in [5.41, 5.74) is 1.16. The molecular formula is C14H27N3O. The lowest BCUT2D eigenvalue weighted by Crippen LogP contribution is -2.22. The maximum absolute atomic E-state index is 5.82. The van der Waals surface area contributed by atoms with Gasteiger partial charge in [0.25, 0.3) is 0 Å². The van der Waals surface area contributed by atoms with Gasteiger partial charge in [0.1, 0.15) is 11.9 Å². The van der Waals surface area contributed by atoms with Gasteiger partial charge in [-0.2, -0.15) is 0 Å². The Bertz CT molecular complexity index is 341. The van der Waals surface area contributed by atoms with E-state index in [1.165, 1.54) is 0 Å². The van der Waals surface area contributed by atoms with Gasteiger partial charge in [-0.05, 0) is 25.3 Å². The summed E-state index contributed by atoms with van der Waals surface area (Å²) in [6.45, 7) is 13.3. The molecule has 0 aromatic carbocycles. The van der Waals surface area contributed by atoms with E-state index in [4.69, 9.17) is 4.74 Å². The minimum atomic E-state index is 0.0161. The van der Waals surface area contributed by atoms with Crippen LogP contribution >= 0.6 is 0 Å². The fourth-order valence-electron chi connectivity index (χ4n) is 1.91. The number of H-pyrrole nitrogens is 1. The van der Waals surface area contributed by atoms with Crippen molar-refractivity contribution in [3.63, 3.8) is 0 Å². The molecule has 0 amide bonds. The predicted octanol–water partition coefficient (Wildman–Crippen LogP) is 3.03. The molecule has 4 heteroatoms. The summed E-state index contributed by atoms with van der Waals surface area (Å²) in [5.74, 6) is 0.928. The van der Waals surface area contributed by atoms with Crippen LogP contribution in [0.4, 0.5) is 0 Å². The monoisotopic (exact) mass is 253 g/mol. The number of hydrogen-bond acceptors (Lipinski definition) is 3. The van der Waals surface area contributed by atoms with E-state index in [1.807, 2.05) is 13.1 Å². The van der Waals surface area contributed by atoms with Gasteiger partial charge >= 0.3 is 0 Å². The molecule has 0 fully saturated rings. The number of imidazole rings is 1. The first-order valence-corrected chi connectivity index (χ1v) is 6.85. The SMILES string of the molecule is CCCNCc1cnc(C(OCC)C(C)(C)C)[nH]1. The van der Waals surface area contributed by atoms with Crippen LogP contribution in [0.2, 0.25) is 0 Å². The van der Waals surface area contributed by atoms with E-state index in [-0.39, 0.29) is 11.5 Å². The Hall–Kier alpha value is -0.870. The average molecular weight is 253 g/mol. The molecule has 1 aromatic heterocycles. The van der Waals surface area contributed by atoms with Gasteiger partial charge in [-0.15, -0.1) is 0 Å². The van der Waals surface area contributed by atoms with Gasteiger partial charge < -0.3 is 15.0 Å². The van der Waals surface area contributed by atoms with E-state index >= 15 is 0 Å². The fourth-order valence-corrected chi connectivity index (χ4v) is 1.91. The van der Waals surface area contributed by atoms with Crippen LogP contribution in [-0.2, 0) is 11.3 Å². The van der Waals surface area contributed by atoms with Gasteiger partial charge in [0.05, 0.1) is 0 Å². The Labute approximate surface area is 111 Å². The van der Waals surface area contributed by atoms with Crippen LogP contribution in [-0.4, -0.2) is 23.1 Å². The van der Waals surface area contributed by atoms with Crippen LogP contribution in [0, 0.1) is 5.41 Å². The number of nitrogens with one attached hydrogen (secondary N) is 2. The van der Waals surface area contributed by atoms with Gasteiger partial charge in [0, 0.05) is 25.0 Å². The summed E-state index contributed by atoms with van der Waals surface area (Å²) < 4.78 is 5.82. The Morgan fingerprint density at radius 2 is 2.11 bits per heavy atom. The van der Waals surface area contributed by atoms with Gasteiger partial charge in [0.15, 0.2) is 0 Å². The van der Waals surface area contributed by atoms with Crippen molar-refractivity contribution in [2.45, 2.75) is 53.7 Å². The standard InChI is InChI=1S/C14H27N3O/c1-6-8-15-9-11-10-16-13(17-11)12(18-7-2)14(3,4)5/h10,12,15H,6-9H2,1-5H3,(H,16,17). The molecule has 1 aromatic rings. The molecule has 2 N–H and O–H groups in total. The first-order valence-electron chi connectivity index (χ1n) is 6.85. The van der Waals surface area contributed by atoms with E-state index in [0.717, 1.165) is 31.0 Å². The molecule has 0 bridgehead atoms. The van der Waals surface area contributed by atoms with Crippen molar-refractivity contribution in [3.8, 4) is 0 Å². The quantitative estimate of drug-likeness (QED) is 0.734. The number of hydrogen-bond donors (Lipinski definition) is 2. The lowest BCUT2D eigenvalue weighted by molar-refractivity contribution is -0.0186. The Morgan fingerprint density at radius 1 is 1.39 bits per heavy atom. The molecule has 0 radical (unpaired) electrons. The molecule has 1 heterocycles. The number of aromatic nitrogens is 2. The lowest BCUT2D eigenvalue weighted by Gasteiger charge is -2.28. The van der Waals surface area contributed by atoms with Gasteiger partial charge in [-0.25, -0.2) is 4.98 Å². The molecule has 0 aliphatic heterocycles. The maximum atomic E-state index is 5.82. The summed E-state index contributed by atoms with van der Waals surface area (Å²) in [6, 6.07) is 0. The van der Waals surface area contributed by atoms with E-state index in [9.17, 15) is 0 Å². The van der Waals surface area contributed by atoms with Crippen LogP contribution in [0.25, 0.3) is 0 Å². The summed E-state index contributed by atoms with van der Waals surface area (Å²) in [6.07, 6.45) is 3.06. The normalized spacial score (nSPS) is 13.8. The van der Waals surface area contributed by atoms with Gasteiger partial charge in [-0.3, -0.25) is 0 Å². The third kappa shape index (κ3) is 4.42. The van der Waals surface area contributed by atoms with E-state index in [0.29, 0.717) is 6.61 Å². The van der Waals surface area contributed by atoms with Gasteiger partial charge in [0.2, 0.25) is 0 Å². The highest BCUT2D eigenvalue weighted by molar-refractivity contribution is 5.05. The minimum absolute atomic E-state index is 0.0161. The van der Waals surface area contributed by atoms with E-state index < -0.39 is 0 Å². The van der Waals surface area contributed by atoms with Crippen LogP contribution in [0.5, 0.6) is 0 Å². The van der Waals surface area contributed by atoms with Crippen molar-refractivity contribution in [1.29, 1.82) is 0 Å². The third-order valence-corrected chi connectivity index (χ3v) is 2.76. The Morgan fingerprint density at radius 3 is 2.67 bits per heavy atom. The maximum Gasteiger partial charge on any atom is 0.136 e. The highest BCUT2D eigenvalue weighted by Gasteiger charge is 2.29. The molecule has 0 aliphatic carbocycles. The minimum Gasteiger partial charge on any atom is -0.370 e. The molecule has 1 atom stereocenters. The second kappa shape index (κ2) is 6.90. The van der Waals surface area contributed by atoms with Crippen molar-refractivity contribution in [3.05, 3.63) is 17.7 Å². The fraction of sp³-hybridized carbons (Fsp3) is 0.786. The first-order chi connectivity index (χ1) is 8.49. The number of aromatic amines is 1. The largest absolute Gasteiger partial charge is 0.370 e. The van der Waals surface area contributed by atoms with Crippen LogP contribution in [0.3, 0.4) is 0 Å². The zero-order valence-corrected chi connectivity index (χ0v) is 12.3. The van der Waals surface area contributed by atoms with Gasteiger partial charge in [-0.1, -0.05) is 27.7 Å². The first kappa shape index (κ1) is 15.2. The molecular weight excluding hydrogens is 226 g/mol. The Kier molecular flexibility index (Phi) is 5.82. The van der Waals surface area contributed by atoms with Crippen molar-refractivity contribution >= 4 is 0 Å². The summed E-state index contributed by atoms with van der Waals surface area (Å²) in [7, 11) is 0. The number of ether oxygens (including phenoxy) is 1. The van der Waals surface area contributed by atoms with E-state index in [2.05, 4.69) is 43.0 Å². The zero-order valence-electron chi connectivity index (χ0n) is 12.3. The van der Waals surface area contributed by atoms with Crippen LogP contribution in [0.15, 0.2) is 6.20 Å². The topological polar surface area (TPSA) is 49.9 Å². The molecule has 104 valence electrons. The molecule has 0 saturated heterocycles. The molecule has 1 unspecified atom stereocenters. The smallest absolute Gasteiger partial charge is 0.136 e. The molecule has 0 saturated carbocycles. The molecule has 0 spiro atoms. The average Bonchev–Trinajstić information content (AvgIpc) is 2.73. The highest BCUT2D eigenvalue weighted by atomic mass is 16.5. The van der Waals surface area contributed by atoms with Crippen molar-refractivity contribution < 1.29 is 4.74 Å². The summed E-state index contributed by atoms with van der Waals surface area (Å²) in [4.78, 5) is 7.82. The summed E-state index contributed by atoms with van der Waals surface area (Å²) in [5, 5.41) is 3.36. The highest BCUT2D eigenvalue weighted by Crippen LogP contribution is 2.34. The molecule has 18 heavy (non-hydrogen) atoms. The second-order valence-corrected chi connectivity index (χ2v) is 5.67. The van der Waals surface area contributed by atoms with Crippen molar-refractivity contribution in [2.24, 2.45) is 5.41 Å². The van der Waals surface area contributed by atoms with Crippen LogP contribution in [0.1, 0.15) is 58.7 Å². The molecule has 1 rings (SSSR count). The molecule has 4 nitrogen and oxygen atoms in total. The van der Waals surface area contributed by atoms with Crippen molar-refractivity contribution in [2.75, 3.05) is 13.2 Å².